The largest absolute Gasteiger partial charge is 0.338 e. The van der Waals surface area contributed by atoms with Gasteiger partial charge in [0.25, 0.3) is 0 Å². The van der Waals surface area contributed by atoms with E-state index in [0.29, 0.717) is 5.89 Å². The summed E-state index contributed by atoms with van der Waals surface area (Å²) in [5, 5.41) is 4.04. The molecule has 1 fully saturated rings. The van der Waals surface area contributed by atoms with Crippen LogP contribution in [0.5, 0.6) is 0 Å². The van der Waals surface area contributed by atoms with Gasteiger partial charge in [-0.05, 0) is 39.3 Å². The maximum Gasteiger partial charge on any atom is 0.243 e. The predicted octanol–water partition coefficient (Wildman–Crippen LogP) is 3.68. The quantitative estimate of drug-likeness (QED) is 0.758. The molecular formula is C19H25N3O2. The van der Waals surface area contributed by atoms with Crippen LogP contribution in [0.25, 0.3) is 0 Å². The first kappa shape index (κ1) is 16.8. The standard InChI is InChI=1S/C19H25N3O2/c1-3-7-17-20-19(24-21-17)14(2)22-12-10-16(11-13-22)18(23)15-8-5-4-6-9-15/h4-6,8-9,14,16H,3,7,10-13H2,1-2H3. The summed E-state index contributed by atoms with van der Waals surface area (Å²) in [6, 6.07) is 9.71. The van der Waals surface area contributed by atoms with Crippen molar-refractivity contribution in [3.05, 3.63) is 47.6 Å². The van der Waals surface area contributed by atoms with E-state index in [1.807, 2.05) is 30.3 Å². The van der Waals surface area contributed by atoms with Gasteiger partial charge in [0.1, 0.15) is 0 Å². The lowest BCUT2D eigenvalue weighted by molar-refractivity contribution is 0.0774. The first-order valence-electron chi connectivity index (χ1n) is 8.84. The van der Waals surface area contributed by atoms with Crippen molar-refractivity contribution in [2.45, 2.75) is 45.6 Å². The number of aryl methyl sites for hydroxylation is 1. The van der Waals surface area contributed by atoms with Crippen molar-refractivity contribution in [2.75, 3.05) is 13.1 Å². The smallest absolute Gasteiger partial charge is 0.243 e. The molecule has 0 saturated carbocycles. The Morgan fingerprint density at radius 3 is 2.67 bits per heavy atom. The topological polar surface area (TPSA) is 59.2 Å². The van der Waals surface area contributed by atoms with Gasteiger partial charge in [-0.1, -0.05) is 42.4 Å². The third-order valence-corrected chi connectivity index (χ3v) is 4.82. The van der Waals surface area contributed by atoms with Crippen LogP contribution >= 0.6 is 0 Å². The molecule has 1 unspecified atom stereocenters. The van der Waals surface area contributed by atoms with Gasteiger partial charge in [-0.15, -0.1) is 0 Å². The zero-order valence-electron chi connectivity index (χ0n) is 14.4. The summed E-state index contributed by atoms with van der Waals surface area (Å²) in [5.41, 5.74) is 0.824. The number of benzene rings is 1. The van der Waals surface area contributed by atoms with Crippen LogP contribution in [0.4, 0.5) is 0 Å². The SMILES string of the molecule is CCCc1noc(C(C)N2CCC(C(=O)c3ccccc3)CC2)n1. The van der Waals surface area contributed by atoms with E-state index in [0.717, 1.165) is 50.2 Å². The average Bonchev–Trinajstić information content (AvgIpc) is 3.10. The number of hydrogen-bond donors (Lipinski definition) is 0. The van der Waals surface area contributed by atoms with Gasteiger partial charge in [0.05, 0.1) is 6.04 Å². The minimum Gasteiger partial charge on any atom is -0.338 e. The summed E-state index contributed by atoms with van der Waals surface area (Å²) in [4.78, 5) is 19.4. The molecule has 5 nitrogen and oxygen atoms in total. The van der Waals surface area contributed by atoms with E-state index in [-0.39, 0.29) is 17.7 Å². The molecular weight excluding hydrogens is 302 g/mol. The van der Waals surface area contributed by atoms with Crippen LogP contribution in [0.15, 0.2) is 34.9 Å². The zero-order chi connectivity index (χ0) is 16.9. The van der Waals surface area contributed by atoms with Crippen molar-refractivity contribution in [1.82, 2.24) is 15.0 Å². The highest BCUT2D eigenvalue weighted by Gasteiger charge is 2.30. The van der Waals surface area contributed by atoms with Crippen LogP contribution < -0.4 is 0 Å². The lowest BCUT2D eigenvalue weighted by Crippen LogP contribution is -2.38. The molecule has 2 heterocycles. The van der Waals surface area contributed by atoms with Crippen LogP contribution in [0.3, 0.4) is 0 Å². The summed E-state index contributed by atoms with van der Waals surface area (Å²) in [6.07, 6.45) is 3.63. The van der Waals surface area contributed by atoms with E-state index < -0.39 is 0 Å². The maximum atomic E-state index is 12.6. The average molecular weight is 327 g/mol. The van der Waals surface area contributed by atoms with Crippen LogP contribution in [-0.2, 0) is 6.42 Å². The van der Waals surface area contributed by atoms with Crippen molar-refractivity contribution in [3.8, 4) is 0 Å². The van der Waals surface area contributed by atoms with E-state index in [1.165, 1.54) is 0 Å². The molecule has 128 valence electrons. The Morgan fingerprint density at radius 1 is 1.29 bits per heavy atom. The fraction of sp³-hybridized carbons (Fsp3) is 0.526. The lowest BCUT2D eigenvalue weighted by Gasteiger charge is -2.33. The molecule has 1 aromatic carbocycles. The van der Waals surface area contributed by atoms with E-state index in [9.17, 15) is 4.79 Å². The van der Waals surface area contributed by atoms with E-state index in [1.54, 1.807) is 0 Å². The molecule has 0 amide bonds. The Kier molecular flexibility index (Phi) is 5.41. The van der Waals surface area contributed by atoms with Gasteiger partial charge in [0.2, 0.25) is 5.89 Å². The first-order valence-corrected chi connectivity index (χ1v) is 8.84. The molecule has 0 N–H and O–H groups in total. The number of aromatic nitrogens is 2. The maximum absolute atomic E-state index is 12.6. The van der Waals surface area contributed by atoms with E-state index in [2.05, 4.69) is 28.9 Å². The number of ketones is 1. The number of nitrogens with zero attached hydrogens (tertiary/aromatic N) is 3. The van der Waals surface area contributed by atoms with E-state index in [4.69, 9.17) is 4.52 Å². The molecule has 1 aliphatic heterocycles. The molecule has 5 heteroatoms. The van der Waals surface area contributed by atoms with Crippen molar-refractivity contribution in [3.63, 3.8) is 0 Å². The monoisotopic (exact) mass is 327 g/mol. The number of Topliss-reactive ketones (excluding diaryl/α,β-unsaturated/α-hetero) is 1. The molecule has 3 rings (SSSR count). The van der Waals surface area contributed by atoms with Gasteiger partial charge in [-0.2, -0.15) is 4.98 Å². The summed E-state index contributed by atoms with van der Waals surface area (Å²) in [6.45, 7) is 5.97. The van der Waals surface area contributed by atoms with Crippen molar-refractivity contribution in [1.29, 1.82) is 0 Å². The Balaban J connectivity index is 1.57. The first-order chi connectivity index (χ1) is 11.7. The Morgan fingerprint density at radius 2 is 2.00 bits per heavy atom. The van der Waals surface area contributed by atoms with Crippen LogP contribution in [0.1, 0.15) is 61.2 Å². The van der Waals surface area contributed by atoms with Crippen LogP contribution in [0, 0.1) is 5.92 Å². The van der Waals surface area contributed by atoms with Gasteiger partial charge >= 0.3 is 0 Å². The fourth-order valence-electron chi connectivity index (χ4n) is 3.31. The third kappa shape index (κ3) is 3.73. The number of hydrogen-bond acceptors (Lipinski definition) is 5. The number of carbonyl (C=O) groups excluding carboxylic acids is 1. The summed E-state index contributed by atoms with van der Waals surface area (Å²) >= 11 is 0. The zero-order valence-corrected chi connectivity index (χ0v) is 14.4. The van der Waals surface area contributed by atoms with Crippen LogP contribution in [-0.4, -0.2) is 33.9 Å². The molecule has 1 atom stereocenters. The fourth-order valence-corrected chi connectivity index (χ4v) is 3.31. The molecule has 2 aromatic rings. The highest BCUT2D eigenvalue weighted by molar-refractivity contribution is 5.97. The number of likely N-dealkylation sites (tertiary alicyclic amines) is 1. The molecule has 0 spiro atoms. The van der Waals surface area contributed by atoms with Gasteiger partial charge in [-0.3, -0.25) is 9.69 Å². The summed E-state index contributed by atoms with van der Waals surface area (Å²) < 4.78 is 5.41. The number of rotatable bonds is 6. The number of piperidine rings is 1. The van der Waals surface area contributed by atoms with Crippen molar-refractivity contribution in [2.24, 2.45) is 5.92 Å². The Labute approximate surface area is 143 Å². The minimum atomic E-state index is 0.107. The second kappa shape index (κ2) is 7.71. The van der Waals surface area contributed by atoms with Gasteiger partial charge in [0, 0.05) is 17.9 Å². The lowest BCUT2D eigenvalue weighted by atomic mass is 9.88. The molecule has 24 heavy (non-hydrogen) atoms. The highest BCUT2D eigenvalue weighted by atomic mass is 16.5. The van der Waals surface area contributed by atoms with Crippen molar-refractivity contribution < 1.29 is 9.32 Å². The van der Waals surface area contributed by atoms with Gasteiger partial charge in [-0.25, -0.2) is 0 Å². The molecule has 0 aliphatic carbocycles. The molecule has 1 saturated heterocycles. The molecule has 1 aromatic heterocycles. The second-order valence-electron chi connectivity index (χ2n) is 6.52. The van der Waals surface area contributed by atoms with Crippen LogP contribution in [0.2, 0.25) is 0 Å². The predicted molar refractivity (Wildman–Crippen MR) is 91.8 cm³/mol. The normalized spacial score (nSPS) is 17.8. The van der Waals surface area contributed by atoms with Gasteiger partial charge in [0.15, 0.2) is 11.6 Å². The van der Waals surface area contributed by atoms with Crippen molar-refractivity contribution >= 4 is 5.78 Å². The Hall–Kier alpha value is -2.01. The summed E-state index contributed by atoms with van der Waals surface area (Å²) in [7, 11) is 0. The van der Waals surface area contributed by atoms with E-state index >= 15 is 0 Å². The molecule has 0 radical (unpaired) electrons. The highest BCUT2D eigenvalue weighted by Crippen LogP contribution is 2.27. The minimum absolute atomic E-state index is 0.107. The van der Waals surface area contributed by atoms with Gasteiger partial charge < -0.3 is 4.52 Å². The summed E-state index contributed by atoms with van der Waals surface area (Å²) in [5.74, 6) is 1.86. The second-order valence-corrected chi connectivity index (χ2v) is 6.52. The molecule has 0 bridgehead atoms. The third-order valence-electron chi connectivity index (χ3n) is 4.82. The Bertz CT molecular complexity index is 660. The molecule has 1 aliphatic rings. The number of carbonyl (C=O) groups is 1.